The smallest absolute Gasteiger partial charge is 0.300 e. The fourth-order valence-electron chi connectivity index (χ4n) is 5.08. The zero-order chi connectivity index (χ0) is 27.7. The third kappa shape index (κ3) is 4.89. The van der Waals surface area contributed by atoms with Gasteiger partial charge in [0.15, 0.2) is 0 Å². The van der Waals surface area contributed by atoms with Gasteiger partial charge in [-0.2, -0.15) is 0 Å². The van der Waals surface area contributed by atoms with Crippen LogP contribution >= 0.6 is 0 Å². The lowest BCUT2D eigenvalue weighted by Crippen LogP contribution is -2.25. The highest BCUT2D eigenvalue weighted by molar-refractivity contribution is 5.98. The molecule has 5 aromatic rings. The molecule has 10 heteroatoms. The van der Waals surface area contributed by atoms with Gasteiger partial charge in [-0.1, -0.05) is 24.3 Å². The number of benzene rings is 2. The van der Waals surface area contributed by atoms with E-state index in [4.69, 9.17) is 20.6 Å². The molecule has 0 fully saturated rings. The van der Waals surface area contributed by atoms with Gasteiger partial charge in [0.05, 0.1) is 22.8 Å². The van der Waals surface area contributed by atoms with Crippen LogP contribution in [0.15, 0.2) is 71.8 Å². The van der Waals surface area contributed by atoms with Crippen LogP contribution in [0.1, 0.15) is 31.1 Å². The summed E-state index contributed by atoms with van der Waals surface area (Å²) in [4.78, 5) is 48.3. The molecule has 2 aromatic carbocycles. The first kappa shape index (κ1) is 25.8. The van der Waals surface area contributed by atoms with Gasteiger partial charge in [-0.25, -0.2) is 4.98 Å². The molecule has 10 nitrogen and oxygen atoms in total. The number of amides is 1. The maximum Gasteiger partial charge on any atom is 0.300 e. The topological polar surface area (TPSA) is 147 Å². The van der Waals surface area contributed by atoms with Gasteiger partial charge in [0.2, 0.25) is 5.91 Å². The third-order valence-electron chi connectivity index (χ3n) is 6.75. The van der Waals surface area contributed by atoms with Crippen LogP contribution in [0.5, 0.6) is 0 Å². The van der Waals surface area contributed by atoms with Gasteiger partial charge in [-0.15, -0.1) is 0 Å². The molecule has 198 valence electrons. The molecule has 0 radical (unpaired) electrons. The van der Waals surface area contributed by atoms with E-state index in [-0.39, 0.29) is 17.5 Å². The Labute approximate surface area is 223 Å². The number of hydrogen-bond donors (Lipinski definition) is 3. The van der Waals surface area contributed by atoms with E-state index >= 15 is 0 Å². The maximum absolute atomic E-state index is 13.3. The molecule has 0 bridgehead atoms. The number of aromatic amines is 1. The molecule has 0 aliphatic carbocycles. The molecule has 6 rings (SSSR count). The number of nitrogens with two attached hydrogens (primary N) is 1. The van der Waals surface area contributed by atoms with Crippen molar-refractivity contribution < 1.29 is 14.7 Å². The lowest BCUT2D eigenvalue weighted by Gasteiger charge is -2.17. The number of H-pyrrole nitrogens is 1. The van der Waals surface area contributed by atoms with Crippen molar-refractivity contribution in [2.24, 2.45) is 5.73 Å². The Morgan fingerprint density at radius 2 is 1.87 bits per heavy atom. The van der Waals surface area contributed by atoms with E-state index in [1.54, 1.807) is 18.0 Å². The highest BCUT2D eigenvalue weighted by Crippen LogP contribution is 2.34. The van der Waals surface area contributed by atoms with Gasteiger partial charge >= 0.3 is 0 Å². The lowest BCUT2D eigenvalue weighted by atomic mass is 10.1. The molecule has 4 N–H and O–H groups in total. The summed E-state index contributed by atoms with van der Waals surface area (Å²) < 4.78 is 2.08. The molecular formula is C29H28N6O4. The predicted octanol–water partition coefficient (Wildman–Crippen LogP) is 3.49. The number of anilines is 1. The number of para-hydroxylation sites is 1. The van der Waals surface area contributed by atoms with Gasteiger partial charge in [-0.3, -0.25) is 19.4 Å². The maximum atomic E-state index is 13.3. The lowest BCUT2D eigenvalue weighted by molar-refractivity contribution is -0.134. The Hall–Kier alpha value is -4.83. The van der Waals surface area contributed by atoms with E-state index in [0.29, 0.717) is 29.8 Å². The summed E-state index contributed by atoms with van der Waals surface area (Å²) in [5.41, 5.74) is 12.0. The average molecular weight is 525 g/mol. The summed E-state index contributed by atoms with van der Waals surface area (Å²) in [6, 6.07) is 17.3. The minimum absolute atomic E-state index is 0.00907. The van der Waals surface area contributed by atoms with Gasteiger partial charge in [0.1, 0.15) is 5.69 Å². The molecule has 1 atom stereocenters. The van der Waals surface area contributed by atoms with Crippen LogP contribution in [0.2, 0.25) is 0 Å². The monoisotopic (exact) mass is 524 g/mol. The van der Waals surface area contributed by atoms with Crippen LogP contribution in [0.25, 0.3) is 33.2 Å². The van der Waals surface area contributed by atoms with Crippen molar-refractivity contribution in [3.8, 4) is 11.3 Å². The number of carbonyl (C=O) groups excluding carboxylic acids is 1. The van der Waals surface area contributed by atoms with Crippen LogP contribution in [-0.2, 0) is 16.0 Å². The second kappa shape index (κ2) is 10.5. The van der Waals surface area contributed by atoms with E-state index in [9.17, 15) is 9.59 Å². The zero-order valence-electron chi connectivity index (χ0n) is 21.6. The van der Waals surface area contributed by atoms with Gasteiger partial charge in [-0.05, 0) is 42.3 Å². The van der Waals surface area contributed by atoms with Crippen LogP contribution in [-0.4, -0.2) is 49.6 Å². The van der Waals surface area contributed by atoms with Crippen molar-refractivity contribution in [3.05, 3.63) is 88.6 Å². The molecule has 3 aromatic heterocycles. The van der Waals surface area contributed by atoms with Crippen LogP contribution < -0.4 is 16.2 Å². The molecule has 39 heavy (non-hydrogen) atoms. The highest BCUT2D eigenvalue weighted by atomic mass is 16.4. The number of nitrogens with zero attached hydrogens (tertiary/aromatic N) is 4. The Kier molecular flexibility index (Phi) is 6.95. The zero-order valence-corrected chi connectivity index (χ0v) is 21.6. The van der Waals surface area contributed by atoms with Crippen LogP contribution in [0, 0.1) is 0 Å². The van der Waals surface area contributed by atoms with E-state index < -0.39 is 5.97 Å². The summed E-state index contributed by atoms with van der Waals surface area (Å²) in [5.74, 6) is -0.842. The molecule has 1 aliphatic rings. The number of hydrogen-bond acceptors (Lipinski definition) is 6. The fourth-order valence-corrected chi connectivity index (χ4v) is 5.08. The molecule has 1 unspecified atom stereocenters. The van der Waals surface area contributed by atoms with Crippen molar-refractivity contribution in [2.45, 2.75) is 26.3 Å². The fraction of sp³-hybridized carbons (Fsp3) is 0.207. The highest BCUT2D eigenvalue weighted by Gasteiger charge is 2.25. The standard InChI is InChI=1S/C27H24N6O2.C2H4O2/c1-16(34)32-11-9-17-12-21-22(13-24(17)32)31-27(35)26(30-21)19-15-33(23-8-3-2-6-18(19)23)25(14-28)20-7-4-5-10-29-20;1-2(3)4/h2-8,10,12-13,15,25H,9,11,14,28H2,1H3,(H,31,35);1H3,(H,3,4). The summed E-state index contributed by atoms with van der Waals surface area (Å²) in [7, 11) is 0. The summed E-state index contributed by atoms with van der Waals surface area (Å²) in [5, 5.41) is 8.34. The van der Waals surface area contributed by atoms with E-state index in [2.05, 4.69) is 14.5 Å². The molecule has 0 saturated carbocycles. The minimum Gasteiger partial charge on any atom is -0.481 e. The number of carbonyl (C=O) groups is 2. The van der Waals surface area contributed by atoms with Crippen molar-refractivity contribution in [3.63, 3.8) is 0 Å². The number of aliphatic carboxylic acids is 1. The second-order valence-corrected chi connectivity index (χ2v) is 9.33. The van der Waals surface area contributed by atoms with Crippen LogP contribution in [0.3, 0.4) is 0 Å². The third-order valence-corrected chi connectivity index (χ3v) is 6.75. The quantitative estimate of drug-likeness (QED) is 0.326. The Bertz CT molecular complexity index is 1760. The van der Waals surface area contributed by atoms with Crippen molar-refractivity contribution in [2.75, 3.05) is 18.0 Å². The van der Waals surface area contributed by atoms with E-state index in [1.807, 2.05) is 60.8 Å². The van der Waals surface area contributed by atoms with E-state index in [0.717, 1.165) is 46.8 Å². The van der Waals surface area contributed by atoms with Crippen molar-refractivity contribution in [1.82, 2.24) is 19.5 Å². The molecule has 1 aliphatic heterocycles. The number of carboxylic acid groups (broad SMARTS) is 1. The summed E-state index contributed by atoms with van der Waals surface area (Å²) in [6.07, 6.45) is 4.47. The van der Waals surface area contributed by atoms with E-state index in [1.165, 1.54) is 0 Å². The number of rotatable bonds is 4. The normalized spacial score (nSPS) is 13.2. The summed E-state index contributed by atoms with van der Waals surface area (Å²) in [6.45, 7) is 3.63. The van der Waals surface area contributed by atoms with Gasteiger partial charge in [0, 0.05) is 61.5 Å². The average Bonchev–Trinajstić information content (AvgIpc) is 3.50. The Balaban J connectivity index is 0.000000723. The summed E-state index contributed by atoms with van der Waals surface area (Å²) >= 11 is 0. The largest absolute Gasteiger partial charge is 0.481 e. The van der Waals surface area contributed by atoms with Gasteiger partial charge in [0.25, 0.3) is 11.5 Å². The predicted molar refractivity (Wildman–Crippen MR) is 150 cm³/mol. The number of pyridine rings is 1. The second-order valence-electron chi connectivity index (χ2n) is 9.33. The number of nitrogens with one attached hydrogen (secondary N) is 1. The SMILES string of the molecule is CC(=O)N1CCc2cc3nc(-c4cn(C(CN)c5ccccn5)c5ccccc45)c(=O)[nH]c3cc21.CC(=O)O. The number of aromatic nitrogens is 4. The molecule has 1 amide bonds. The van der Waals surface area contributed by atoms with Gasteiger partial charge < -0.3 is 25.3 Å². The molecule has 0 spiro atoms. The Morgan fingerprint density at radius 1 is 1.13 bits per heavy atom. The minimum atomic E-state index is -0.833. The van der Waals surface area contributed by atoms with Crippen LogP contribution in [0.4, 0.5) is 5.69 Å². The van der Waals surface area contributed by atoms with Crippen molar-refractivity contribution >= 4 is 39.5 Å². The Morgan fingerprint density at radius 3 is 2.56 bits per heavy atom. The molecule has 0 saturated heterocycles. The molecule has 4 heterocycles. The number of fused-ring (bicyclic) bond motifs is 3. The van der Waals surface area contributed by atoms with Crippen molar-refractivity contribution in [1.29, 1.82) is 0 Å². The molecular weight excluding hydrogens is 496 g/mol. The first-order valence-corrected chi connectivity index (χ1v) is 12.5. The first-order valence-electron chi connectivity index (χ1n) is 12.5. The number of carboxylic acids is 1. The first-order chi connectivity index (χ1) is 18.8.